The molecule has 2 aliphatic heterocycles. The molecule has 0 radical (unpaired) electrons. The van der Waals surface area contributed by atoms with Gasteiger partial charge in [-0.15, -0.1) is 11.8 Å². The van der Waals surface area contributed by atoms with Gasteiger partial charge in [-0.2, -0.15) is 0 Å². The average molecular weight is 370 g/mol. The second-order valence-electron chi connectivity index (χ2n) is 8.12. The number of aliphatic hydroxyl groups is 1. The third-order valence-corrected chi connectivity index (χ3v) is 5.77. The number of carbonyl (C=O) groups excluding carboxylic acids is 1. The molecule has 2 aliphatic rings. The fourth-order valence-corrected chi connectivity index (χ4v) is 4.69. The van der Waals surface area contributed by atoms with Crippen LogP contribution in [-0.4, -0.2) is 82.4 Å². The summed E-state index contributed by atoms with van der Waals surface area (Å²) in [6.07, 6.45) is 3.74. The van der Waals surface area contributed by atoms with Gasteiger partial charge in [-0.25, -0.2) is 4.79 Å². The number of fused-ring (bicyclic) bond motifs is 1. The van der Waals surface area contributed by atoms with Crippen LogP contribution in [0, 0.1) is 5.41 Å². The molecular formula is C17H28N3O4S+. The number of β-lactam (4-membered cyclic amide) rings is 1. The molecular weight excluding hydrogens is 342 g/mol. The molecule has 0 aliphatic carbocycles. The lowest BCUT2D eigenvalue weighted by Crippen LogP contribution is -2.68. The van der Waals surface area contributed by atoms with Gasteiger partial charge in [0.15, 0.2) is 0 Å². The standard InChI is InChI=1S/C17H27N3O4S/c1-17(2,10-21)9-20(3,4)7-5-6-11-8-25-15-12(18)14(22)19(15)13(11)16(23)24/h5-6,12,15,21H,7-10,18H2,1-4H3/p+1/t12-,15-/m1/s1. The Balaban J connectivity index is 2.13. The third kappa shape index (κ3) is 4.25. The van der Waals surface area contributed by atoms with E-state index in [-0.39, 0.29) is 29.0 Å². The Labute approximate surface area is 152 Å². The van der Waals surface area contributed by atoms with Crippen LogP contribution in [0.4, 0.5) is 0 Å². The largest absolute Gasteiger partial charge is 0.477 e. The minimum Gasteiger partial charge on any atom is -0.477 e. The fourth-order valence-electron chi connectivity index (χ4n) is 3.42. The number of carboxylic acids is 1. The molecule has 1 amide bonds. The van der Waals surface area contributed by atoms with E-state index in [0.717, 1.165) is 6.54 Å². The van der Waals surface area contributed by atoms with Gasteiger partial charge in [-0.1, -0.05) is 19.9 Å². The van der Waals surface area contributed by atoms with Gasteiger partial charge in [0.05, 0.1) is 33.8 Å². The Bertz CT molecular complexity index is 627. The highest BCUT2D eigenvalue weighted by Gasteiger charge is 2.51. The van der Waals surface area contributed by atoms with Gasteiger partial charge in [-0.05, 0) is 11.6 Å². The van der Waals surface area contributed by atoms with Crippen LogP contribution in [0.1, 0.15) is 13.8 Å². The first kappa shape index (κ1) is 20.0. The van der Waals surface area contributed by atoms with Crippen molar-refractivity contribution in [3.8, 4) is 0 Å². The molecule has 7 nitrogen and oxygen atoms in total. The van der Waals surface area contributed by atoms with Crippen molar-refractivity contribution in [3.63, 3.8) is 0 Å². The van der Waals surface area contributed by atoms with Crippen LogP contribution in [0.25, 0.3) is 0 Å². The van der Waals surface area contributed by atoms with Crippen molar-refractivity contribution in [2.75, 3.05) is 39.5 Å². The van der Waals surface area contributed by atoms with E-state index in [1.807, 2.05) is 19.9 Å². The maximum Gasteiger partial charge on any atom is 0.352 e. The molecule has 2 heterocycles. The summed E-state index contributed by atoms with van der Waals surface area (Å²) >= 11 is 1.50. The number of likely N-dealkylation sites (N-methyl/N-ethyl adjacent to an activating group) is 1. The van der Waals surface area contributed by atoms with Gasteiger partial charge < -0.3 is 20.4 Å². The quantitative estimate of drug-likeness (QED) is 0.437. The summed E-state index contributed by atoms with van der Waals surface area (Å²) in [4.78, 5) is 24.8. The summed E-state index contributed by atoms with van der Waals surface area (Å²) in [5.74, 6) is -0.905. The van der Waals surface area contributed by atoms with E-state index in [0.29, 0.717) is 22.4 Å². The zero-order chi connectivity index (χ0) is 19.0. The molecule has 1 saturated heterocycles. The summed E-state index contributed by atoms with van der Waals surface area (Å²) in [7, 11) is 4.13. The molecule has 0 spiro atoms. The highest BCUT2D eigenvalue weighted by Crippen LogP contribution is 2.39. The predicted octanol–water partition coefficient (Wildman–Crippen LogP) is 0.219. The lowest BCUT2D eigenvalue weighted by atomic mass is 9.93. The molecule has 0 aromatic carbocycles. The number of hydrogen-bond acceptors (Lipinski definition) is 5. The second-order valence-corrected chi connectivity index (χ2v) is 9.22. The fraction of sp³-hybridized carbons (Fsp3) is 0.647. The zero-order valence-corrected chi connectivity index (χ0v) is 16.0. The van der Waals surface area contributed by atoms with Gasteiger partial charge in [0.1, 0.15) is 17.1 Å². The minimum absolute atomic E-state index is 0.0488. The molecule has 0 aromatic rings. The molecule has 25 heavy (non-hydrogen) atoms. The van der Waals surface area contributed by atoms with E-state index in [1.54, 1.807) is 6.08 Å². The zero-order valence-electron chi connectivity index (χ0n) is 15.2. The van der Waals surface area contributed by atoms with Crippen LogP contribution in [-0.2, 0) is 9.59 Å². The normalized spacial score (nSPS) is 24.6. The number of rotatable bonds is 7. The number of nitrogens with two attached hydrogens (primary N) is 1. The molecule has 1 fully saturated rings. The number of aliphatic hydroxyl groups excluding tert-OH is 1. The number of amides is 1. The molecule has 0 bridgehead atoms. The maximum atomic E-state index is 11.9. The Hall–Kier alpha value is -1.35. The number of nitrogens with zero attached hydrogens (tertiary/aromatic N) is 2. The molecule has 8 heteroatoms. The number of quaternary nitrogens is 1. The van der Waals surface area contributed by atoms with Crippen molar-refractivity contribution < 1.29 is 24.3 Å². The van der Waals surface area contributed by atoms with Gasteiger partial charge >= 0.3 is 5.97 Å². The number of aliphatic carboxylic acids is 1. The van der Waals surface area contributed by atoms with Crippen LogP contribution < -0.4 is 5.73 Å². The molecule has 0 aromatic heterocycles. The Morgan fingerprint density at radius 2 is 2.12 bits per heavy atom. The number of hydrogen-bond donors (Lipinski definition) is 3. The first-order chi connectivity index (χ1) is 11.5. The van der Waals surface area contributed by atoms with Crippen molar-refractivity contribution >= 4 is 23.6 Å². The van der Waals surface area contributed by atoms with E-state index < -0.39 is 12.0 Å². The van der Waals surface area contributed by atoms with Crippen LogP contribution in [0.15, 0.2) is 23.4 Å². The van der Waals surface area contributed by atoms with Crippen molar-refractivity contribution in [2.24, 2.45) is 11.1 Å². The smallest absolute Gasteiger partial charge is 0.352 e. The topological polar surface area (TPSA) is 104 Å². The molecule has 4 N–H and O–H groups in total. The molecule has 0 saturated carbocycles. The summed E-state index contributed by atoms with van der Waals surface area (Å²) in [5.41, 5.74) is 6.24. The van der Waals surface area contributed by atoms with Crippen molar-refractivity contribution in [3.05, 3.63) is 23.4 Å². The van der Waals surface area contributed by atoms with Crippen LogP contribution >= 0.6 is 11.8 Å². The van der Waals surface area contributed by atoms with Crippen LogP contribution in [0.5, 0.6) is 0 Å². The monoisotopic (exact) mass is 370 g/mol. The SMILES string of the molecule is CC(C)(CO)C[N+](C)(C)CC=CC1=C(C(=O)O)N2C(=O)[C@@H](N)[C@H]2SC1. The lowest BCUT2D eigenvalue weighted by molar-refractivity contribution is -0.890. The van der Waals surface area contributed by atoms with Crippen molar-refractivity contribution in [2.45, 2.75) is 25.3 Å². The Morgan fingerprint density at radius 1 is 1.48 bits per heavy atom. The van der Waals surface area contributed by atoms with E-state index in [9.17, 15) is 19.8 Å². The summed E-state index contributed by atoms with van der Waals surface area (Å²) in [5, 5.41) is 18.7. The first-order valence-electron chi connectivity index (χ1n) is 8.25. The van der Waals surface area contributed by atoms with Gasteiger partial charge in [0, 0.05) is 11.2 Å². The summed E-state index contributed by atoms with van der Waals surface area (Å²) in [6, 6.07) is -0.610. The number of carboxylic acid groups (broad SMARTS) is 1. The third-order valence-electron chi connectivity index (χ3n) is 4.44. The van der Waals surface area contributed by atoms with E-state index in [2.05, 4.69) is 14.1 Å². The highest BCUT2D eigenvalue weighted by atomic mass is 32.2. The van der Waals surface area contributed by atoms with Crippen molar-refractivity contribution in [1.82, 2.24) is 4.90 Å². The van der Waals surface area contributed by atoms with Gasteiger partial charge in [0.25, 0.3) is 0 Å². The van der Waals surface area contributed by atoms with E-state index >= 15 is 0 Å². The second kappa shape index (κ2) is 7.11. The summed E-state index contributed by atoms with van der Waals surface area (Å²) < 4.78 is 0.670. The predicted molar refractivity (Wildman–Crippen MR) is 97.6 cm³/mol. The summed E-state index contributed by atoms with van der Waals surface area (Å²) in [6.45, 7) is 5.62. The van der Waals surface area contributed by atoms with E-state index in [4.69, 9.17) is 5.73 Å². The van der Waals surface area contributed by atoms with E-state index in [1.165, 1.54) is 16.7 Å². The highest BCUT2D eigenvalue weighted by molar-refractivity contribution is 8.00. The molecule has 2 atom stereocenters. The molecule has 0 unspecified atom stereocenters. The minimum atomic E-state index is -1.10. The van der Waals surface area contributed by atoms with Crippen LogP contribution in [0.2, 0.25) is 0 Å². The number of thioether (sulfide) groups is 1. The van der Waals surface area contributed by atoms with Gasteiger partial charge in [-0.3, -0.25) is 9.69 Å². The lowest BCUT2D eigenvalue weighted by Gasteiger charge is -2.47. The molecule has 2 rings (SSSR count). The van der Waals surface area contributed by atoms with Crippen molar-refractivity contribution in [1.29, 1.82) is 0 Å². The van der Waals surface area contributed by atoms with Gasteiger partial charge in [0.2, 0.25) is 5.91 Å². The number of carbonyl (C=O) groups is 2. The number of allylic oxidation sites excluding steroid dienone is 1. The van der Waals surface area contributed by atoms with Crippen LogP contribution in [0.3, 0.4) is 0 Å². The Morgan fingerprint density at radius 3 is 2.68 bits per heavy atom. The molecule has 140 valence electrons. The average Bonchev–Trinajstić information content (AvgIpc) is 2.52. The maximum absolute atomic E-state index is 11.9. The first-order valence-corrected chi connectivity index (χ1v) is 9.30. The Kier molecular flexibility index (Phi) is 5.68.